The molecule has 20 heavy (non-hydrogen) atoms. The molecule has 1 aromatic carbocycles. The Morgan fingerprint density at radius 3 is 2.55 bits per heavy atom. The van der Waals surface area contributed by atoms with Crippen molar-refractivity contribution in [3.8, 4) is 5.75 Å². The van der Waals surface area contributed by atoms with E-state index in [1.807, 2.05) is 13.8 Å². The molecule has 0 fully saturated rings. The van der Waals surface area contributed by atoms with Crippen molar-refractivity contribution in [3.63, 3.8) is 0 Å². The molecule has 4 N–H and O–H groups in total. The standard InChI is InChI=1S/C14H20N2O4/c1-3-5-9(4-2)15-14(20)16-10-6-7-12(17)11(8-10)13(18)19/h6-9,17H,3-5H2,1-2H3,(H,18,19)(H2,15,16,20). The zero-order chi connectivity index (χ0) is 15.1. The number of carboxylic acid groups (broad SMARTS) is 1. The Labute approximate surface area is 117 Å². The molecule has 0 saturated carbocycles. The second kappa shape index (κ2) is 7.37. The number of carboxylic acids is 1. The predicted octanol–water partition coefficient (Wildman–Crippen LogP) is 2.79. The Balaban J connectivity index is 2.71. The fraction of sp³-hybridized carbons (Fsp3) is 0.429. The molecule has 1 aromatic rings. The van der Waals surface area contributed by atoms with Crippen LogP contribution in [0.2, 0.25) is 0 Å². The summed E-state index contributed by atoms with van der Waals surface area (Å²) in [5.74, 6) is -1.58. The van der Waals surface area contributed by atoms with E-state index in [4.69, 9.17) is 5.11 Å². The molecule has 110 valence electrons. The van der Waals surface area contributed by atoms with Crippen molar-refractivity contribution in [3.05, 3.63) is 23.8 Å². The van der Waals surface area contributed by atoms with Gasteiger partial charge in [-0.1, -0.05) is 20.3 Å². The Morgan fingerprint density at radius 2 is 2.00 bits per heavy atom. The minimum atomic E-state index is -1.25. The minimum absolute atomic E-state index is 0.0936. The average molecular weight is 280 g/mol. The molecule has 0 heterocycles. The van der Waals surface area contributed by atoms with Crippen LogP contribution in [0.5, 0.6) is 5.75 Å². The molecule has 0 radical (unpaired) electrons. The van der Waals surface area contributed by atoms with Crippen molar-refractivity contribution in [1.82, 2.24) is 5.32 Å². The SMILES string of the molecule is CCCC(CC)NC(=O)Nc1ccc(O)c(C(=O)O)c1. The summed E-state index contributed by atoms with van der Waals surface area (Å²) < 4.78 is 0. The Hall–Kier alpha value is -2.24. The van der Waals surface area contributed by atoms with Crippen LogP contribution in [-0.4, -0.2) is 28.3 Å². The summed E-state index contributed by atoms with van der Waals surface area (Å²) in [7, 11) is 0. The Bertz CT molecular complexity index is 488. The summed E-state index contributed by atoms with van der Waals surface area (Å²) in [4.78, 5) is 22.7. The van der Waals surface area contributed by atoms with Crippen LogP contribution in [0, 0.1) is 0 Å². The maximum absolute atomic E-state index is 11.8. The van der Waals surface area contributed by atoms with Gasteiger partial charge in [0.15, 0.2) is 0 Å². The van der Waals surface area contributed by atoms with Crippen LogP contribution in [0.15, 0.2) is 18.2 Å². The number of amides is 2. The van der Waals surface area contributed by atoms with E-state index in [2.05, 4.69) is 10.6 Å². The van der Waals surface area contributed by atoms with Crippen molar-refractivity contribution >= 4 is 17.7 Å². The van der Waals surface area contributed by atoms with Crippen LogP contribution < -0.4 is 10.6 Å². The molecule has 2 amide bonds. The minimum Gasteiger partial charge on any atom is -0.507 e. The average Bonchev–Trinajstić information content (AvgIpc) is 2.40. The van der Waals surface area contributed by atoms with Crippen molar-refractivity contribution in [2.45, 2.75) is 39.2 Å². The molecule has 0 aliphatic carbocycles. The van der Waals surface area contributed by atoms with Crippen LogP contribution in [0.3, 0.4) is 0 Å². The van der Waals surface area contributed by atoms with Gasteiger partial charge in [0.05, 0.1) is 0 Å². The van der Waals surface area contributed by atoms with Crippen LogP contribution in [-0.2, 0) is 0 Å². The van der Waals surface area contributed by atoms with E-state index in [9.17, 15) is 14.7 Å². The number of rotatable bonds is 6. The van der Waals surface area contributed by atoms with E-state index >= 15 is 0 Å². The number of hydrogen-bond donors (Lipinski definition) is 4. The number of aromatic hydroxyl groups is 1. The largest absolute Gasteiger partial charge is 0.507 e. The van der Waals surface area contributed by atoms with Gasteiger partial charge in [0.1, 0.15) is 11.3 Å². The normalized spacial score (nSPS) is 11.7. The first-order valence-electron chi connectivity index (χ1n) is 6.61. The van der Waals surface area contributed by atoms with Gasteiger partial charge in [0.2, 0.25) is 0 Å². The molecule has 0 bridgehead atoms. The second-order valence-corrected chi connectivity index (χ2v) is 4.53. The molecule has 1 atom stereocenters. The predicted molar refractivity (Wildman–Crippen MR) is 76.2 cm³/mol. The van der Waals surface area contributed by atoms with E-state index in [-0.39, 0.29) is 23.4 Å². The van der Waals surface area contributed by atoms with Crippen molar-refractivity contribution in [2.24, 2.45) is 0 Å². The van der Waals surface area contributed by atoms with Crippen molar-refractivity contribution < 1.29 is 19.8 Å². The molecule has 6 nitrogen and oxygen atoms in total. The second-order valence-electron chi connectivity index (χ2n) is 4.53. The molecular weight excluding hydrogens is 260 g/mol. The quantitative estimate of drug-likeness (QED) is 0.602. The molecule has 0 spiro atoms. The lowest BCUT2D eigenvalue weighted by Gasteiger charge is -2.16. The van der Waals surface area contributed by atoms with Gasteiger partial charge in [0.25, 0.3) is 0 Å². The number of urea groups is 1. The summed E-state index contributed by atoms with van der Waals surface area (Å²) >= 11 is 0. The summed E-state index contributed by atoms with van der Waals surface area (Å²) in [6, 6.07) is 3.62. The molecule has 6 heteroatoms. The number of hydrogen-bond acceptors (Lipinski definition) is 3. The molecule has 0 aliphatic heterocycles. The Kier molecular flexibility index (Phi) is 5.83. The van der Waals surface area contributed by atoms with Gasteiger partial charge >= 0.3 is 12.0 Å². The molecule has 0 aliphatic rings. The summed E-state index contributed by atoms with van der Waals surface area (Å²) in [6.07, 6.45) is 2.69. The van der Waals surface area contributed by atoms with Crippen LogP contribution in [0.25, 0.3) is 0 Å². The van der Waals surface area contributed by atoms with Crippen molar-refractivity contribution in [2.75, 3.05) is 5.32 Å². The highest BCUT2D eigenvalue weighted by Crippen LogP contribution is 2.21. The van der Waals surface area contributed by atoms with Gasteiger partial charge in [-0.2, -0.15) is 0 Å². The van der Waals surface area contributed by atoms with Gasteiger partial charge in [-0.05, 0) is 31.0 Å². The summed E-state index contributed by atoms with van der Waals surface area (Å²) in [5.41, 5.74) is 0.0763. The summed E-state index contributed by atoms with van der Waals surface area (Å²) in [5, 5.41) is 23.7. The van der Waals surface area contributed by atoms with Crippen LogP contribution >= 0.6 is 0 Å². The lowest BCUT2D eigenvalue weighted by molar-refractivity contribution is 0.0693. The first-order valence-corrected chi connectivity index (χ1v) is 6.61. The topological polar surface area (TPSA) is 98.7 Å². The third-order valence-corrected chi connectivity index (χ3v) is 2.95. The number of nitrogens with one attached hydrogen (secondary N) is 2. The first kappa shape index (κ1) is 15.8. The highest BCUT2D eigenvalue weighted by Gasteiger charge is 2.13. The van der Waals surface area contributed by atoms with E-state index < -0.39 is 5.97 Å². The van der Waals surface area contributed by atoms with E-state index in [1.54, 1.807) is 0 Å². The number of carbonyl (C=O) groups excluding carboxylic acids is 1. The molecule has 0 aromatic heterocycles. The third kappa shape index (κ3) is 4.46. The maximum atomic E-state index is 11.8. The number of aromatic carboxylic acids is 1. The number of carbonyl (C=O) groups is 2. The van der Waals surface area contributed by atoms with E-state index in [0.29, 0.717) is 5.69 Å². The first-order chi connectivity index (χ1) is 9.47. The monoisotopic (exact) mass is 280 g/mol. The van der Waals surface area contributed by atoms with Crippen LogP contribution in [0.1, 0.15) is 43.5 Å². The Morgan fingerprint density at radius 1 is 1.30 bits per heavy atom. The fourth-order valence-electron chi connectivity index (χ4n) is 1.86. The van der Waals surface area contributed by atoms with Gasteiger partial charge in [-0.25, -0.2) is 9.59 Å². The zero-order valence-electron chi connectivity index (χ0n) is 11.6. The molecular formula is C14H20N2O4. The van der Waals surface area contributed by atoms with Crippen molar-refractivity contribution in [1.29, 1.82) is 0 Å². The van der Waals surface area contributed by atoms with Gasteiger partial charge in [0, 0.05) is 11.7 Å². The van der Waals surface area contributed by atoms with E-state index in [1.165, 1.54) is 18.2 Å². The molecule has 0 saturated heterocycles. The lowest BCUT2D eigenvalue weighted by Crippen LogP contribution is -2.37. The van der Waals surface area contributed by atoms with Gasteiger partial charge < -0.3 is 20.8 Å². The third-order valence-electron chi connectivity index (χ3n) is 2.95. The number of anilines is 1. The summed E-state index contributed by atoms with van der Waals surface area (Å²) in [6.45, 7) is 4.03. The highest BCUT2D eigenvalue weighted by molar-refractivity contribution is 5.95. The lowest BCUT2D eigenvalue weighted by atomic mass is 10.1. The molecule has 1 unspecified atom stereocenters. The van der Waals surface area contributed by atoms with Gasteiger partial charge in [-0.15, -0.1) is 0 Å². The smallest absolute Gasteiger partial charge is 0.339 e. The van der Waals surface area contributed by atoms with Gasteiger partial charge in [-0.3, -0.25) is 0 Å². The van der Waals surface area contributed by atoms with E-state index in [0.717, 1.165) is 19.3 Å². The molecule has 1 rings (SSSR count). The fourth-order valence-corrected chi connectivity index (χ4v) is 1.86. The number of benzene rings is 1. The highest BCUT2D eigenvalue weighted by atomic mass is 16.4. The maximum Gasteiger partial charge on any atom is 0.339 e. The van der Waals surface area contributed by atoms with Crippen LogP contribution in [0.4, 0.5) is 10.5 Å². The number of phenols is 1. The zero-order valence-corrected chi connectivity index (χ0v) is 11.6.